The Balaban J connectivity index is 1.92. The van der Waals surface area contributed by atoms with Crippen LogP contribution in [0.25, 0.3) is 10.9 Å². The third-order valence-corrected chi connectivity index (χ3v) is 5.10. The molecule has 25 heavy (non-hydrogen) atoms. The minimum Gasteiger partial charge on any atom is -0.348 e. The van der Waals surface area contributed by atoms with Crippen molar-refractivity contribution in [1.29, 1.82) is 0 Å². The van der Waals surface area contributed by atoms with Crippen LogP contribution in [-0.4, -0.2) is 25.7 Å². The molecule has 3 aromatic rings. The summed E-state index contributed by atoms with van der Waals surface area (Å²) in [5.74, 6) is 0.288. The van der Waals surface area contributed by atoms with E-state index in [1.165, 1.54) is 11.8 Å². The molecule has 130 valence electrons. The van der Waals surface area contributed by atoms with Gasteiger partial charge in [0, 0.05) is 19.8 Å². The van der Waals surface area contributed by atoms with Crippen LogP contribution in [0, 0.1) is 0 Å². The van der Waals surface area contributed by atoms with Crippen molar-refractivity contribution in [3.05, 3.63) is 58.6 Å². The van der Waals surface area contributed by atoms with Gasteiger partial charge in [-0.15, -0.1) is 0 Å². The topological polar surface area (TPSA) is 56.9 Å². The first kappa shape index (κ1) is 17.5. The normalized spacial score (nSPS) is 11.1. The van der Waals surface area contributed by atoms with Crippen LogP contribution in [-0.2, 0) is 13.6 Å². The first-order valence-electron chi connectivity index (χ1n) is 8.38. The van der Waals surface area contributed by atoms with E-state index in [0.29, 0.717) is 28.3 Å². The van der Waals surface area contributed by atoms with E-state index in [1.54, 1.807) is 21.3 Å². The molecule has 0 aliphatic rings. The molecule has 0 unspecified atom stereocenters. The second kappa shape index (κ2) is 7.70. The smallest absolute Gasteiger partial charge is 0.262 e. The Morgan fingerprint density at radius 2 is 2.00 bits per heavy atom. The highest BCUT2D eigenvalue weighted by molar-refractivity contribution is 7.99. The zero-order valence-electron chi connectivity index (χ0n) is 14.4. The molecule has 3 rings (SSSR count). The fourth-order valence-electron chi connectivity index (χ4n) is 2.73. The molecule has 0 amide bonds. The van der Waals surface area contributed by atoms with Crippen LogP contribution in [0.5, 0.6) is 0 Å². The number of carbonyl (C=O) groups excluding carboxylic acids is 1. The first-order valence-corrected chi connectivity index (χ1v) is 9.37. The van der Waals surface area contributed by atoms with E-state index < -0.39 is 0 Å². The quantitative estimate of drug-likeness (QED) is 0.370. The van der Waals surface area contributed by atoms with Crippen molar-refractivity contribution in [2.45, 2.75) is 31.5 Å². The summed E-state index contributed by atoms with van der Waals surface area (Å²) < 4.78 is 3.51. The number of Topliss-reactive ketones (excluding diaryl/α,β-unsaturated/α-hetero) is 1. The van der Waals surface area contributed by atoms with Crippen molar-refractivity contribution in [2.24, 2.45) is 7.05 Å². The first-order chi connectivity index (χ1) is 12.1. The van der Waals surface area contributed by atoms with Gasteiger partial charge >= 0.3 is 0 Å². The maximum atomic E-state index is 12.8. The van der Waals surface area contributed by atoms with E-state index in [2.05, 4.69) is 11.9 Å². The molecule has 0 saturated carbocycles. The second-order valence-electron chi connectivity index (χ2n) is 5.94. The van der Waals surface area contributed by atoms with Crippen molar-refractivity contribution >= 4 is 28.4 Å². The van der Waals surface area contributed by atoms with Crippen molar-refractivity contribution in [2.75, 3.05) is 5.75 Å². The van der Waals surface area contributed by atoms with Gasteiger partial charge in [-0.1, -0.05) is 37.2 Å². The van der Waals surface area contributed by atoms with Crippen LogP contribution >= 0.6 is 11.8 Å². The van der Waals surface area contributed by atoms with Crippen LogP contribution in [0.1, 0.15) is 30.3 Å². The summed E-state index contributed by atoms with van der Waals surface area (Å²) in [5, 5.41) is 1.23. The number of aryl methyl sites for hydroxylation is 1. The highest BCUT2D eigenvalue weighted by Gasteiger charge is 2.15. The SMILES string of the molecule is CCCCn1c(SCC(=O)c2cccn2C)nc2ccccc2c1=O. The summed E-state index contributed by atoms with van der Waals surface area (Å²) in [6, 6.07) is 11.0. The number of hydrogen-bond acceptors (Lipinski definition) is 4. The number of hydrogen-bond donors (Lipinski definition) is 0. The molecule has 0 fully saturated rings. The zero-order valence-corrected chi connectivity index (χ0v) is 15.3. The number of rotatable bonds is 7. The van der Waals surface area contributed by atoms with Crippen molar-refractivity contribution in [1.82, 2.24) is 14.1 Å². The standard InChI is InChI=1S/C19H21N3O2S/c1-3-4-12-22-18(24)14-8-5-6-9-15(14)20-19(22)25-13-17(23)16-10-7-11-21(16)2/h5-11H,3-4,12-13H2,1-2H3. The maximum absolute atomic E-state index is 12.8. The summed E-state index contributed by atoms with van der Waals surface area (Å²) in [7, 11) is 1.85. The van der Waals surface area contributed by atoms with Gasteiger partial charge in [-0.25, -0.2) is 4.98 Å². The maximum Gasteiger partial charge on any atom is 0.262 e. The van der Waals surface area contributed by atoms with Crippen LogP contribution in [0.4, 0.5) is 0 Å². The fourth-order valence-corrected chi connectivity index (χ4v) is 3.63. The average Bonchev–Trinajstić information content (AvgIpc) is 3.05. The fraction of sp³-hybridized carbons (Fsp3) is 0.316. The van der Waals surface area contributed by atoms with Gasteiger partial charge < -0.3 is 4.57 Å². The molecule has 0 saturated heterocycles. The highest BCUT2D eigenvalue weighted by atomic mass is 32.2. The summed E-state index contributed by atoms with van der Waals surface area (Å²) in [6.45, 7) is 2.71. The van der Waals surface area contributed by atoms with E-state index in [9.17, 15) is 9.59 Å². The minimum atomic E-state index is -0.0344. The number of ketones is 1. The van der Waals surface area contributed by atoms with E-state index in [1.807, 2.05) is 37.5 Å². The number of thioether (sulfide) groups is 1. The molecule has 0 radical (unpaired) electrons. The second-order valence-corrected chi connectivity index (χ2v) is 6.88. The number of nitrogens with zero attached hydrogens (tertiary/aromatic N) is 3. The number of carbonyl (C=O) groups is 1. The Kier molecular flexibility index (Phi) is 5.38. The molecule has 5 nitrogen and oxygen atoms in total. The lowest BCUT2D eigenvalue weighted by Gasteiger charge is -2.12. The zero-order chi connectivity index (χ0) is 17.8. The molecule has 0 N–H and O–H groups in total. The van der Waals surface area contributed by atoms with Crippen LogP contribution in [0.3, 0.4) is 0 Å². The van der Waals surface area contributed by atoms with Gasteiger partial charge in [0.2, 0.25) is 0 Å². The van der Waals surface area contributed by atoms with E-state index >= 15 is 0 Å². The Bertz CT molecular complexity index is 959. The molecule has 2 heterocycles. The van der Waals surface area contributed by atoms with Crippen molar-refractivity contribution < 1.29 is 4.79 Å². The third kappa shape index (κ3) is 3.69. The van der Waals surface area contributed by atoms with Gasteiger partial charge in [0.25, 0.3) is 5.56 Å². The lowest BCUT2D eigenvalue weighted by atomic mass is 10.2. The third-order valence-electron chi connectivity index (χ3n) is 4.12. The minimum absolute atomic E-state index is 0.0296. The van der Waals surface area contributed by atoms with Gasteiger partial charge in [0.15, 0.2) is 10.9 Å². The Labute approximate surface area is 150 Å². The van der Waals surface area contributed by atoms with Gasteiger partial charge in [0.05, 0.1) is 22.3 Å². The lowest BCUT2D eigenvalue weighted by Crippen LogP contribution is -2.24. The largest absolute Gasteiger partial charge is 0.348 e. The number of aromatic nitrogens is 3. The Morgan fingerprint density at radius 1 is 1.20 bits per heavy atom. The van der Waals surface area contributed by atoms with Crippen LogP contribution in [0.2, 0.25) is 0 Å². The predicted octanol–water partition coefficient (Wildman–Crippen LogP) is 3.51. The molecule has 2 aromatic heterocycles. The summed E-state index contributed by atoms with van der Waals surface area (Å²) >= 11 is 1.33. The number of benzene rings is 1. The Morgan fingerprint density at radius 3 is 2.72 bits per heavy atom. The number of fused-ring (bicyclic) bond motifs is 1. The molecule has 0 aliphatic carbocycles. The van der Waals surface area contributed by atoms with E-state index in [4.69, 9.17) is 0 Å². The summed E-state index contributed by atoms with van der Waals surface area (Å²) in [6.07, 6.45) is 3.74. The molecule has 0 aliphatic heterocycles. The van der Waals surface area contributed by atoms with Crippen molar-refractivity contribution in [3.63, 3.8) is 0 Å². The average molecular weight is 355 g/mol. The van der Waals surface area contributed by atoms with Crippen LogP contribution < -0.4 is 5.56 Å². The molecule has 0 atom stereocenters. The van der Waals surface area contributed by atoms with Gasteiger partial charge in [-0.05, 0) is 30.7 Å². The molecule has 1 aromatic carbocycles. The van der Waals surface area contributed by atoms with Gasteiger partial charge in [-0.3, -0.25) is 14.2 Å². The number of para-hydroxylation sites is 1. The monoisotopic (exact) mass is 355 g/mol. The lowest BCUT2D eigenvalue weighted by molar-refractivity contribution is 0.101. The van der Waals surface area contributed by atoms with Crippen molar-refractivity contribution in [3.8, 4) is 0 Å². The summed E-state index contributed by atoms with van der Waals surface area (Å²) in [5.41, 5.74) is 1.30. The molecular weight excluding hydrogens is 334 g/mol. The molecule has 0 spiro atoms. The van der Waals surface area contributed by atoms with Gasteiger partial charge in [0.1, 0.15) is 0 Å². The van der Waals surface area contributed by atoms with E-state index in [-0.39, 0.29) is 17.1 Å². The highest BCUT2D eigenvalue weighted by Crippen LogP contribution is 2.19. The summed E-state index contributed by atoms with van der Waals surface area (Å²) in [4.78, 5) is 29.9. The predicted molar refractivity (Wildman–Crippen MR) is 101 cm³/mol. The molecule has 0 bridgehead atoms. The number of unbranched alkanes of at least 4 members (excludes halogenated alkanes) is 1. The van der Waals surface area contributed by atoms with E-state index in [0.717, 1.165) is 12.8 Å². The van der Waals surface area contributed by atoms with Gasteiger partial charge in [-0.2, -0.15) is 0 Å². The molecular formula is C19H21N3O2S. The van der Waals surface area contributed by atoms with Crippen LogP contribution in [0.15, 0.2) is 52.5 Å². The molecule has 6 heteroatoms. The Hall–Kier alpha value is -2.34.